The number of guanidine groups is 2. The minimum atomic E-state index is -2.20. The summed E-state index contributed by atoms with van der Waals surface area (Å²) in [4.78, 5) is 305. The van der Waals surface area contributed by atoms with Crippen LogP contribution < -0.4 is 118 Å². The number of carbonyl (C=O) groups is 22. The summed E-state index contributed by atoms with van der Waals surface area (Å²) in [7, 11) is 0. The van der Waals surface area contributed by atoms with Crippen LogP contribution in [-0.4, -0.2) is 359 Å². The molecule has 1 aliphatic rings. The number of nitrogens with one attached hydrogen (secondary N) is 23. The van der Waals surface area contributed by atoms with Gasteiger partial charge in [0, 0.05) is 67.9 Å². The molecule has 18 amide bonds. The molecule has 58 heteroatoms. The van der Waals surface area contributed by atoms with Gasteiger partial charge in [-0.05, 0) is 89.7 Å². The van der Waals surface area contributed by atoms with E-state index in [9.17, 15) is 136 Å². The van der Waals surface area contributed by atoms with Gasteiger partial charge in [0.05, 0.1) is 63.8 Å². The number of aliphatic carboxylic acids is 4. The second-order valence-corrected chi connectivity index (χ2v) is 32.5. The molecule has 16 atom stereocenters. The van der Waals surface area contributed by atoms with E-state index in [1.54, 1.807) is 44.3 Å². The first-order valence-corrected chi connectivity index (χ1v) is 43.9. The summed E-state index contributed by atoms with van der Waals surface area (Å²) in [6.45, 7) is 0.190. The Balaban J connectivity index is 1.43. The first-order chi connectivity index (χ1) is 65.1. The van der Waals surface area contributed by atoms with Crippen LogP contribution in [0, 0.1) is 16.7 Å². The van der Waals surface area contributed by atoms with Gasteiger partial charge in [0.15, 0.2) is 11.9 Å². The van der Waals surface area contributed by atoms with E-state index in [0.717, 1.165) is 0 Å². The lowest BCUT2D eigenvalue weighted by atomic mass is 10.0. The summed E-state index contributed by atoms with van der Waals surface area (Å²) in [5.41, 5.74) is 17.9. The number of aliphatic hydroxyl groups is 3. The molecule has 0 bridgehead atoms. The lowest BCUT2D eigenvalue weighted by Crippen LogP contribution is -2.61. The van der Waals surface area contributed by atoms with E-state index < -0.39 is 304 Å². The molecule has 0 saturated carbocycles. The van der Waals surface area contributed by atoms with Gasteiger partial charge < -0.3 is 169 Å². The van der Waals surface area contributed by atoms with Crippen molar-refractivity contribution >= 4 is 166 Å². The second kappa shape index (κ2) is 58.4. The number of H-pyrrole nitrogens is 2. The molecule has 4 rings (SSSR count). The first kappa shape index (κ1) is 115. The van der Waals surface area contributed by atoms with Crippen LogP contribution in [0.5, 0.6) is 0 Å². The second-order valence-electron chi connectivity index (χ2n) is 32.1. The number of hydrogen-bond acceptors (Lipinski definition) is 30. The summed E-state index contributed by atoms with van der Waals surface area (Å²) in [5.74, 6) is -28.4. The average Bonchev–Trinajstić information content (AvgIpc) is 1.71. The molecule has 0 unspecified atom stereocenters. The number of benzene rings is 1. The van der Waals surface area contributed by atoms with Crippen LogP contribution in [0.1, 0.15) is 117 Å². The van der Waals surface area contributed by atoms with Gasteiger partial charge in [-0.3, -0.25) is 116 Å². The van der Waals surface area contributed by atoms with Crippen molar-refractivity contribution in [3.8, 4) is 0 Å². The molecule has 1 aliphatic heterocycles. The Morgan fingerprint density at radius 1 is 0.457 bits per heavy atom. The third-order valence-corrected chi connectivity index (χ3v) is 20.9. The molecule has 0 radical (unpaired) electrons. The third-order valence-electron chi connectivity index (χ3n) is 20.5. The van der Waals surface area contributed by atoms with E-state index in [1.807, 2.05) is 26.6 Å². The number of aliphatic hydroxyl groups excluding tert-OH is 3. The van der Waals surface area contributed by atoms with Gasteiger partial charge in [-0.2, -0.15) is 12.6 Å². The molecule has 762 valence electrons. The minimum absolute atomic E-state index is 0.0388. The standard InChI is InChI=1S/C80H122N28O29S/c1-36(2)21-47(101-69(128)45(14-9-19-88-80(84)85)98-74(133)52(31-109)105-73(132)49(23-41-27-86-35-93-41)102-68(127)44(97-63(122)37(3)81)13-8-18-87-79(82)83)71(130)99-46(16-17-59(114)115)70(129)104-54(33-111)76(135)106-53(32-110)75(134)103-51(25-61(118)119)67(126)91-29-58(113)96-50(24-60(116)117)66(125)90-28-57(112)94-39(5)65(124)100-48(22-40-26-89-43-12-7-6-11-42(40)43)72(131)107-55(34-138)78(137)108-20-10-15-56(108)77(136)95-38(4)64(123)92-30-62(120)121/h6-7,11-12,26-27,35-39,44-56,89,109-111,138H,8-10,13-25,28-34,81H2,1-5H3,(H,86,93)(H,90,125)(H,91,126)(H,92,123)(H,94,112)(H,95,136)(H,96,113)(H,97,122)(H,98,133)(H,99,130)(H,100,124)(H,101,128)(H,102,127)(H,103,134)(H,104,129)(H,105,132)(H,106,135)(H,107,131)(H,114,115)(H,116,117)(H,118,119)(H,120,121)(H4,82,83,87)(H4,84,85,88)/t37-,38-,39-,44-,45-,46-,47-,48-,49-,50-,51-,52-,53-,54-,55-,56-/m0/s1. The highest BCUT2D eigenvalue weighted by Gasteiger charge is 2.42. The number of fused-ring (bicyclic) bond motifs is 1. The van der Waals surface area contributed by atoms with Crippen LogP contribution in [0.25, 0.3) is 10.9 Å². The Hall–Kier alpha value is -15.0. The fourth-order valence-electron chi connectivity index (χ4n) is 13.4. The maximum Gasteiger partial charge on any atom is 0.322 e. The van der Waals surface area contributed by atoms with Crippen LogP contribution in [0.3, 0.4) is 0 Å². The number of likely N-dealkylation sites (tertiary alicyclic amines) is 1. The van der Waals surface area contributed by atoms with E-state index in [-0.39, 0.29) is 88.4 Å². The maximum atomic E-state index is 14.4. The summed E-state index contributed by atoms with van der Waals surface area (Å²) < 4.78 is 0. The van der Waals surface area contributed by atoms with Crippen LogP contribution in [0.15, 0.2) is 43.0 Å². The number of imidazole rings is 1. The number of carboxylic acids is 4. The highest BCUT2D eigenvalue weighted by molar-refractivity contribution is 7.80. The van der Waals surface area contributed by atoms with Crippen molar-refractivity contribution in [2.24, 2.45) is 23.1 Å². The Labute approximate surface area is 792 Å². The number of nitrogens with zero attached hydrogens (tertiary/aromatic N) is 2. The summed E-state index contributed by atoms with van der Waals surface area (Å²) in [5, 5.41) is 128. The Bertz CT molecular complexity index is 4830. The van der Waals surface area contributed by atoms with Crippen molar-refractivity contribution in [1.82, 2.24) is 121 Å². The summed E-state index contributed by atoms with van der Waals surface area (Å²) in [6.07, 6.45) is -0.644. The Morgan fingerprint density at radius 3 is 1.35 bits per heavy atom. The molecule has 0 aliphatic carbocycles. The topological polar surface area (TPSA) is 919 Å². The minimum Gasteiger partial charge on any atom is -0.481 e. The van der Waals surface area contributed by atoms with Crippen LogP contribution in [0.4, 0.5) is 0 Å². The van der Waals surface area contributed by atoms with Gasteiger partial charge in [-0.1, -0.05) is 32.0 Å². The van der Waals surface area contributed by atoms with E-state index >= 15 is 0 Å². The number of carbonyl (C=O) groups excluding carboxylic acids is 18. The van der Waals surface area contributed by atoms with Gasteiger partial charge in [-0.25, -0.2) is 4.98 Å². The molecule has 36 N–H and O–H groups in total. The highest BCUT2D eigenvalue weighted by Crippen LogP contribution is 2.22. The molecule has 1 saturated heterocycles. The predicted molar refractivity (Wildman–Crippen MR) is 482 cm³/mol. The van der Waals surface area contributed by atoms with Gasteiger partial charge >= 0.3 is 23.9 Å². The van der Waals surface area contributed by atoms with Gasteiger partial charge in [-0.15, -0.1) is 0 Å². The molecular weight excluding hydrogens is 1850 g/mol. The monoisotopic (exact) mass is 1970 g/mol. The van der Waals surface area contributed by atoms with Crippen LogP contribution in [0.2, 0.25) is 0 Å². The van der Waals surface area contributed by atoms with Crippen molar-refractivity contribution in [3.63, 3.8) is 0 Å². The molecule has 1 aromatic carbocycles. The molecule has 3 heterocycles. The fourth-order valence-corrected chi connectivity index (χ4v) is 13.6. The number of para-hydroxylation sites is 1. The first-order valence-electron chi connectivity index (χ1n) is 43.2. The van der Waals surface area contributed by atoms with E-state index in [1.165, 1.54) is 38.2 Å². The summed E-state index contributed by atoms with van der Waals surface area (Å²) in [6, 6.07) is -19.8. The molecule has 3 aromatic rings. The zero-order valence-corrected chi connectivity index (χ0v) is 76.7. The number of thiol groups is 1. The third kappa shape index (κ3) is 40.3. The SMILES string of the molecule is CC(C)C[C@H](NC(=O)[C@H](CCCNC(=N)N)NC(=O)[C@H](CO)NC(=O)[C@H](Cc1c[nH]cn1)NC(=O)[C@H](CCCNC(=N)N)NC(=O)[C@H](C)N)C(=O)N[C@@H](CCC(=O)O)C(=O)N[C@@H](CO)C(=O)N[C@@H](CO)C(=O)N[C@@H](CC(=O)O)C(=O)NCC(=O)N[C@@H](CC(=O)O)C(=O)NCC(=O)N[C@@H](C)C(=O)N[C@@H](Cc1c[nH]c2ccccc12)C(=O)N[C@@H](CS)C(=O)N1CCC[C@H]1C(=O)N[C@@H](C)C(=O)NCC(=O)O. The zero-order valence-electron chi connectivity index (χ0n) is 75.8. The van der Waals surface area contributed by atoms with Crippen LogP contribution >= 0.6 is 12.6 Å². The van der Waals surface area contributed by atoms with E-state index in [0.29, 0.717) is 22.9 Å². The van der Waals surface area contributed by atoms with Gasteiger partial charge in [0.25, 0.3) is 0 Å². The van der Waals surface area contributed by atoms with E-state index in [4.69, 9.17) is 33.1 Å². The van der Waals surface area contributed by atoms with Gasteiger partial charge in [0.1, 0.15) is 97.2 Å². The fraction of sp³-hybridized carbons (Fsp3) is 0.562. The lowest BCUT2D eigenvalue weighted by molar-refractivity contribution is -0.142. The number of carboxylic acid groups (broad SMARTS) is 4. The predicted octanol–water partition coefficient (Wildman–Crippen LogP) is -13.4. The number of aromatic nitrogens is 3. The Morgan fingerprint density at radius 2 is 0.877 bits per heavy atom. The molecule has 2 aromatic heterocycles. The highest BCUT2D eigenvalue weighted by atomic mass is 32.1. The quantitative estimate of drug-likeness (QED) is 0.0108. The normalized spacial score (nSPS) is 15.4. The van der Waals surface area contributed by atoms with Gasteiger partial charge in [0.2, 0.25) is 106 Å². The number of aromatic amines is 2. The maximum absolute atomic E-state index is 14.4. The molecule has 1 fully saturated rings. The molecular formula is C80H122N28O29S. The van der Waals surface area contributed by atoms with Crippen molar-refractivity contribution in [2.45, 2.75) is 215 Å². The zero-order chi connectivity index (χ0) is 103. The number of hydrogen-bond donors (Lipinski definition) is 34. The smallest absolute Gasteiger partial charge is 0.322 e. The number of rotatable bonds is 61. The molecule has 57 nitrogen and oxygen atoms in total. The van der Waals surface area contributed by atoms with Crippen molar-refractivity contribution in [1.29, 1.82) is 10.8 Å². The van der Waals surface area contributed by atoms with Crippen molar-refractivity contribution in [3.05, 3.63) is 54.2 Å². The van der Waals surface area contributed by atoms with Crippen molar-refractivity contribution < 1.29 is 141 Å². The van der Waals surface area contributed by atoms with E-state index in [2.05, 4.69) is 102 Å². The van der Waals surface area contributed by atoms with Crippen molar-refractivity contribution in [2.75, 3.05) is 64.8 Å². The average molecular weight is 1970 g/mol. The molecule has 138 heavy (non-hydrogen) atoms. The lowest BCUT2D eigenvalue weighted by Gasteiger charge is -2.30. The molecule has 0 spiro atoms. The number of nitrogens with two attached hydrogens (primary N) is 3. The summed E-state index contributed by atoms with van der Waals surface area (Å²) >= 11 is 4.28. The Kier molecular flexibility index (Phi) is 48.8. The largest absolute Gasteiger partial charge is 0.481 e. The number of amides is 18. The van der Waals surface area contributed by atoms with Crippen LogP contribution in [-0.2, 0) is 118 Å².